The Balaban J connectivity index is 2.16. The van der Waals surface area contributed by atoms with Crippen molar-refractivity contribution in [3.8, 4) is 0 Å². The highest BCUT2D eigenvalue weighted by Gasteiger charge is 2.19. The van der Waals surface area contributed by atoms with Crippen molar-refractivity contribution in [3.05, 3.63) is 0 Å². The number of piperidine rings is 1. The van der Waals surface area contributed by atoms with Crippen LogP contribution in [0.3, 0.4) is 0 Å². The number of hydrogen-bond donors (Lipinski definition) is 0. The first kappa shape index (κ1) is 14.3. The topological polar surface area (TPSA) is 42.0 Å². The summed E-state index contributed by atoms with van der Waals surface area (Å²) in [5.41, 5.74) is 0. The Kier molecular flexibility index (Phi) is 6.29. The van der Waals surface area contributed by atoms with Crippen LogP contribution >= 0.6 is 0 Å². The van der Waals surface area contributed by atoms with Gasteiger partial charge in [0.15, 0.2) is 0 Å². The van der Waals surface area contributed by atoms with Crippen molar-refractivity contribution in [2.24, 2.45) is 0 Å². The number of amides is 1. The van der Waals surface area contributed by atoms with E-state index in [-0.39, 0.29) is 6.09 Å². The second-order valence-corrected chi connectivity index (χ2v) is 4.53. The summed E-state index contributed by atoms with van der Waals surface area (Å²) >= 11 is 0. The van der Waals surface area contributed by atoms with Crippen LogP contribution in [0.5, 0.6) is 0 Å². The lowest BCUT2D eigenvalue weighted by atomic mass is 10.1. The molecule has 0 saturated carbocycles. The molecular weight excluding hydrogens is 220 g/mol. The summed E-state index contributed by atoms with van der Waals surface area (Å²) in [4.78, 5) is 15.0. The van der Waals surface area contributed by atoms with Gasteiger partial charge >= 0.3 is 6.09 Å². The predicted octanol–water partition coefficient (Wildman–Crippen LogP) is 1.19. The molecule has 0 spiro atoms. The maximum absolute atomic E-state index is 11.2. The second kappa shape index (κ2) is 7.50. The highest BCUT2D eigenvalue weighted by molar-refractivity contribution is 5.66. The predicted molar refractivity (Wildman–Crippen MR) is 66.1 cm³/mol. The van der Waals surface area contributed by atoms with Crippen LogP contribution in [0.1, 0.15) is 19.8 Å². The molecule has 0 aromatic rings. The van der Waals surface area contributed by atoms with E-state index in [9.17, 15) is 4.79 Å². The number of hydrogen-bond acceptors (Lipinski definition) is 4. The van der Waals surface area contributed by atoms with Crippen molar-refractivity contribution in [2.45, 2.75) is 25.9 Å². The number of carbonyl (C=O) groups is 1. The van der Waals surface area contributed by atoms with Gasteiger partial charge in [-0.2, -0.15) is 0 Å². The van der Waals surface area contributed by atoms with E-state index in [1.54, 1.807) is 14.1 Å². The molecule has 1 rings (SSSR count). The van der Waals surface area contributed by atoms with Crippen molar-refractivity contribution >= 4 is 6.09 Å². The molecule has 0 bridgehead atoms. The Hall–Kier alpha value is -0.810. The number of likely N-dealkylation sites (tertiary alicyclic amines) is 1. The molecule has 0 N–H and O–H groups in total. The monoisotopic (exact) mass is 244 g/mol. The van der Waals surface area contributed by atoms with Crippen molar-refractivity contribution in [1.29, 1.82) is 0 Å². The smallest absolute Gasteiger partial charge is 0.409 e. The highest BCUT2D eigenvalue weighted by Crippen LogP contribution is 2.12. The van der Waals surface area contributed by atoms with Crippen molar-refractivity contribution < 1.29 is 14.3 Å². The largest absolute Gasteiger partial charge is 0.448 e. The van der Waals surface area contributed by atoms with Crippen LogP contribution in [0.2, 0.25) is 0 Å². The Bertz CT molecular complexity index is 232. The van der Waals surface area contributed by atoms with Crippen molar-refractivity contribution in [2.75, 3.05) is 46.9 Å². The summed E-state index contributed by atoms with van der Waals surface area (Å²) in [6.45, 7) is 6.07. The zero-order chi connectivity index (χ0) is 12.7. The summed E-state index contributed by atoms with van der Waals surface area (Å²) in [5, 5.41) is 0. The van der Waals surface area contributed by atoms with Gasteiger partial charge in [-0.15, -0.1) is 0 Å². The van der Waals surface area contributed by atoms with Crippen LogP contribution in [0.25, 0.3) is 0 Å². The van der Waals surface area contributed by atoms with Crippen LogP contribution in [0.4, 0.5) is 4.79 Å². The molecule has 100 valence electrons. The van der Waals surface area contributed by atoms with Gasteiger partial charge in [0.05, 0.1) is 6.10 Å². The molecule has 1 aliphatic rings. The minimum atomic E-state index is -0.275. The molecule has 1 heterocycles. The number of nitrogens with zero attached hydrogens (tertiary/aromatic N) is 2. The fourth-order valence-electron chi connectivity index (χ4n) is 1.98. The summed E-state index contributed by atoms with van der Waals surface area (Å²) in [6, 6.07) is 0. The second-order valence-electron chi connectivity index (χ2n) is 4.53. The van der Waals surface area contributed by atoms with Gasteiger partial charge in [-0.1, -0.05) is 0 Å². The molecule has 5 nitrogen and oxygen atoms in total. The Morgan fingerprint density at radius 3 is 2.88 bits per heavy atom. The first-order valence-corrected chi connectivity index (χ1v) is 6.31. The average molecular weight is 244 g/mol. The van der Waals surface area contributed by atoms with E-state index in [0.29, 0.717) is 12.7 Å². The minimum Gasteiger partial charge on any atom is -0.448 e. The fourth-order valence-corrected chi connectivity index (χ4v) is 1.98. The standard InChI is InChI=1S/C12H24N2O3/c1-4-16-11-6-5-7-14(10-11)8-9-17-12(15)13(2)3/h11H,4-10H2,1-3H3/t11-/m0/s1. The van der Waals surface area contributed by atoms with Gasteiger partial charge in [0.1, 0.15) is 6.61 Å². The lowest BCUT2D eigenvalue weighted by Crippen LogP contribution is -2.41. The molecule has 1 saturated heterocycles. The van der Waals surface area contributed by atoms with Gasteiger partial charge in [0, 0.05) is 33.8 Å². The highest BCUT2D eigenvalue weighted by atomic mass is 16.6. The Morgan fingerprint density at radius 1 is 1.47 bits per heavy atom. The summed E-state index contributed by atoms with van der Waals surface area (Å²) in [7, 11) is 3.38. The van der Waals surface area contributed by atoms with Gasteiger partial charge in [0.2, 0.25) is 0 Å². The molecule has 17 heavy (non-hydrogen) atoms. The fraction of sp³-hybridized carbons (Fsp3) is 0.917. The summed E-state index contributed by atoms with van der Waals surface area (Å²) in [6.07, 6.45) is 2.37. The van der Waals surface area contributed by atoms with Crippen LogP contribution in [-0.4, -0.2) is 68.9 Å². The third kappa shape index (κ3) is 5.37. The van der Waals surface area contributed by atoms with Gasteiger partial charge in [-0.05, 0) is 26.3 Å². The van der Waals surface area contributed by atoms with Crippen LogP contribution in [0.15, 0.2) is 0 Å². The van der Waals surface area contributed by atoms with E-state index in [2.05, 4.69) is 4.90 Å². The third-order valence-corrected chi connectivity index (χ3v) is 2.86. The molecule has 5 heteroatoms. The van der Waals surface area contributed by atoms with E-state index in [0.717, 1.165) is 39.1 Å². The first-order valence-electron chi connectivity index (χ1n) is 6.31. The van der Waals surface area contributed by atoms with Crippen molar-refractivity contribution in [1.82, 2.24) is 9.80 Å². The van der Waals surface area contributed by atoms with Crippen LogP contribution < -0.4 is 0 Å². The molecule has 1 fully saturated rings. The molecule has 0 aromatic heterocycles. The van der Waals surface area contributed by atoms with E-state index in [4.69, 9.17) is 9.47 Å². The zero-order valence-corrected chi connectivity index (χ0v) is 11.1. The van der Waals surface area contributed by atoms with Crippen molar-refractivity contribution in [3.63, 3.8) is 0 Å². The molecule has 0 aromatic carbocycles. The summed E-state index contributed by atoms with van der Waals surface area (Å²) < 4.78 is 10.7. The lowest BCUT2D eigenvalue weighted by Gasteiger charge is -2.32. The van der Waals surface area contributed by atoms with E-state index in [1.807, 2.05) is 6.92 Å². The molecular formula is C12H24N2O3. The third-order valence-electron chi connectivity index (χ3n) is 2.86. The zero-order valence-electron chi connectivity index (χ0n) is 11.1. The number of ether oxygens (including phenoxy) is 2. The normalized spacial score (nSPS) is 21.2. The van der Waals surface area contributed by atoms with E-state index in [1.165, 1.54) is 4.90 Å². The first-order chi connectivity index (χ1) is 8.13. The molecule has 1 amide bonds. The van der Waals surface area contributed by atoms with Crippen LogP contribution in [0, 0.1) is 0 Å². The quantitative estimate of drug-likeness (QED) is 0.728. The molecule has 1 atom stereocenters. The van der Waals surface area contributed by atoms with Gasteiger partial charge in [0.25, 0.3) is 0 Å². The Morgan fingerprint density at radius 2 is 2.24 bits per heavy atom. The van der Waals surface area contributed by atoms with Crippen LogP contribution in [-0.2, 0) is 9.47 Å². The Labute approximate surface area is 104 Å². The maximum atomic E-state index is 11.2. The van der Waals surface area contributed by atoms with E-state index < -0.39 is 0 Å². The minimum absolute atomic E-state index is 0.275. The lowest BCUT2D eigenvalue weighted by molar-refractivity contribution is 0.000370. The average Bonchev–Trinajstić information content (AvgIpc) is 2.29. The summed E-state index contributed by atoms with van der Waals surface area (Å²) in [5.74, 6) is 0. The number of carbonyl (C=O) groups excluding carboxylic acids is 1. The SMILES string of the molecule is CCO[C@H]1CCCN(CCOC(=O)N(C)C)C1. The number of rotatable bonds is 5. The molecule has 0 radical (unpaired) electrons. The molecule has 0 aliphatic carbocycles. The van der Waals surface area contributed by atoms with E-state index >= 15 is 0 Å². The molecule has 0 unspecified atom stereocenters. The maximum Gasteiger partial charge on any atom is 0.409 e. The van der Waals surface area contributed by atoms with Gasteiger partial charge < -0.3 is 14.4 Å². The molecule has 1 aliphatic heterocycles. The van der Waals surface area contributed by atoms with Gasteiger partial charge in [-0.25, -0.2) is 4.79 Å². The van der Waals surface area contributed by atoms with Gasteiger partial charge in [-0.3, -0.25) is 4.90 Å².